The Morgan fingerprint density at radius 3 is 2.62 bits per heavy atom. The molecule has 3 aromatic rings. The molecular weight excluding hydrogens is 300 g/mol. The van der Waals surface area contributed by atoms with E-state index in [4.69, 9.17) is 15.7 Å². The van der Waals surface area contributed by atoms with Crippen molar-refractivity contribution in [2.75, 3.05) is 18.0 Å². The molecule has 1 aliphatic rings. The lowest BCUT2D eigenvalue weighted by Gasteiger charge is -2.20. The Morgan fingerprint density at radius 1 is 1.12 bits per heavy atom. The van der Waals surface area contributed by atoms with Crippen LogP contribution in [0.2, 0.25) is 0 Å². The second kappa shape index (κ2) is 5.76. The largest absolute Gasteiger partial charge is 0.508 e. The van der Waals surface area contributed by atoms with Crippen molar-refractivity contribution in [3.63, 3.8) is 0 Å². The number of hydrogen-bond acceptors (Lipinski definition) is 5. The number of rotatable bonds is 2. The van der Waals surface area contributed by atoms with Crippen LogP contribution in [-0.2, 0) is 0 Å². The quantitative estimate of drug-likeness (QED) is 0.759. The predicted octanol–water partition coefficient (Wildman–Crippen LogP) is 2.85. The fraction of sp³-hybridized carbons (Fsp3) is 0.263. The molecule has 0 amide bonds. The fourth-order valence-corrected chi connectivity index (χ4v) is 3.18. The average molecular weight is 320 g/mol. The van der Waals surface area contributed by atoms with Crippen molar-refractivity contribution >= 4 is 16.7 Å². The van der Waals surface area contributed by atoms with Gasteiger partial charge in [0.1, 0.15) is 11.6 Å². The first-order valence-corrected chi connectivity index (χ1v) is 8.18. The number of anilines is 1. The van der Waals surface area contributed by atoms with Gasteiger partial charge in [0, 0.05) is 30.1 Å². The van der Waals surface area contributed by atoms with Crippen molar-refractivity contribution in [2.45, 2.75) is 19.4 Å². The number of aromatic nitrogens is 2. The summed E-state index contributed by atoms with van der Waals surface area (Å²) in [5.41, 5.74) is 9.08. The number of aromatic hydroxyl groups is 1. The second-order valence-electron chi connectivity index (χ2n) is 6.43. The van der Waals surface area contributed by atoms with Gasteiger partial charge in [-0.15, -0.1) is 0 Å². The second-order valence-corrected chi connectivity index (χ2v) is 6.43. The standard InChI is InChI=1S/C19H20N4O/c1-12-2-7-16-17(10-12)21-18(13-3-5-15(24)6-4-13)22-19(16)23-9-8-14(20)11-23/h2-7,10,14,24H,8-9,11,20H2,1H3/t14-/m1/s1. The maximum Gasteiger partial charge on any atom is 0.162 e. The molecule has 0 radical (unpaired) electrons. The van der Waals surface area contributed by atoms with Crippen LogP contribution < -0.4 is 10.6 Å². The topological polar surface area (TPSA) is 75.3 Å². The molecule has 4 rings (SSSR count). The van der Waals surface area contributed by atoms with E-state index in [2.05, 4.69) is 30.0 Å². The highest BCUT2D eigenvalue weighted by Gasteiger charge is 2.23. The highest BCUT2D eigenvalue weighted by atomic mass is 16.3. The number of nitrogens with two attached hydrogens (primary N) is 1. The normalized spacial score (nSPS) is 17.6. The summed E-state index contributed by atoms with van der Waals surface area (Å²) in [6.07, 6.45) is 0.978. The summed E-state index contributed by atoms with van der Waals surface area (Å²) in [5.74, 6) is 1.85. The van der Waals surface area contributed by atoms with Crippen molar-refractivity contribution < 1.29 is 5.11 Å². The van der Waals surface area contributed by atoms with E-state index in [9.17, 15) is 5.11 Å². The molecular formula is C19H20N4O. The third-order valence-electron chi connectivity index (χ3n) is 4.48. The van der Waals surface area contributed by atoms with Crippen LogP contribution in [-0.4, -0.2) is 34.2 Å². The molecule has 1 atom stereocenters. The van der Waals surface area contributed by atoms with E-state index in [1.807, 2.05) is 12.1 Å². The van der Waals surface area contributed by atoms with Gasteiger partial charge in [0.05, 0.1) is 5.52 Å². The number of aryl methyl sites for hydroxylation is 1. The molecule has 3 N–H and O–H groups in total. The first kappa shape index (κ1) is 14.9. The summed E-state index contributed by atoms with van der Waals surface area (Å²) < 4.78 is 0. The van der Waals surface area contributed by atoms with Crippen LogP contribution in [0.1, 0.15) is 12.0 Å². The number of benzene rings is 2. The molecule has 5 heteroatoms. The van der Waals surface area contributed by atoms with E-state index in [-0.39, 0.29) is 11.8 Å². The first-order chi connectivity index (χ1) is 11.6. The number of nitrogens with zero attached hydrogens (tertiary/aromatic N) is 3. The molecule has 1 aliphatic heterocycles. The van der Waals surface area contributed by atoms with Gasteiger partial charge in [-0.2, -0.15) is 0 Å². The Balaban J connectivity index is 1.90. The molecule has 0 bridgehead atoms. The number of fused-ring (bicyclic) bond motifs is 1. The van der Waals surface area contributed by atoms with Gasteiger partial charge in [-0.05, 0) is 55.3 Å². The zero-order valence-electron chi connectivity index (χ0n) is 13.6. The molecule has 24 heavy (non-hydrogen) atoms. The Hall–Kier alpha value is -2.66. The molecule has 0 unspecified atom stereocenters. The predicted molar refractivity (Wildman–Crippen MR) is 96.2 cm³/mol. The molecule has 5 nitrogen and oxygen atoms in total. The van der Waals surface area contributed by atoms with E-state index in [1.165, 1.54) is 5.56 Å². The summed E-state index contributed by atoms with van der Waals surface area (Å²) in [5, 5.41) is 10.6. The molecule has 2 heterocycles. The smallest absolute Gasteiger partial charge is 0.162 e. The highest BCUT2D eigenvalue weighted by molar-refractivity contribution is 5.91. The molecule has 1 fully saturated rings. The maximum absolute atomic E-state index is 9.51. The summed E-state index contributed by atoms with van der Waals surface area (Å²) in [4.78, 5) is 11.8. The molecule has 0 spiro atoms. The summed E-state index contributed by atoms with van der Waals surface area (Å²) >= 11 is 0. The van der Waals surface area contributed by atoms with Crippen molar-refractivity contribution in [1.82, 2.24) is 9.97 Å². The molecule has 1 saturated heterocycles. The van der Waals surface area contributed by atoms with Gasteiger partial charge in [-0.3, -0.25) is 0 Å². The van der Waals surface area contributed by atoms with Crippen LogP contribution in [0.4, 0.5) is 5.82 Å². The summed E-state index contributed by atoms with van der Waals surface area (Å²) in [6.45, 7) is 3.79. The molecule has 0 aliphatic carbocycles. The van der Waals surface area contributed by atoms with Gasteiger partial charge in [-0.1, -0.05) is 6.07 Å². The Morgan fingerprint density at radius 2 is 1.92 bits per heavy atom. The van der Waals surface area contributed by atoms with Crippen LogP contribution in [0.25, 0.3) is 22.3 Å². The number of phenolic OH excluding ortho intramolecular Hbond substituents is 1. The van der Waals surface area contributed by atoms with Crippen LogP contribution in [0.5, 0.6) is 5.75 Å². The van der Waals surface area contributed by atoms with Crippen molar-refractivity contribution in [2.24, 2.45) is 5.73 Å². The van der Waals surface area contributed by atoms with Crippen molar-refractivity contribution in [3.05, 3.63) is 48.0 Å². The Kier molecular flexibility index (Phi) is 3.58. The molecule has 0 saturated carbocycles. The van der Waals surface area contributed by atoms with Crippen molar-refractivity contribution in [3.8, 4) is 17.1 Å². The summed E-state index contributed by atoms with van der Waals surface area (Å²) in [7, 11) is 0. The lowest BCUT2D eigenvalue weighted by Crippen LogP contribution is -2.27. The van der Waals surface area contributed by atoms with Gasteiger partial charge < -0.3 is 15.7 Å². The Bertz CT molecular complexity index is 892. The molecule has 1 aromatic heterocycles. The monoisotopic (exact) mass is 320 g/mol. The van der Waals surface area contributed by atoms with Gasteiger partial charge in [0.25, 0.3) is 0 Å². The van der Waals surface area contributed by atoms with E-state index >= 15 is 0 Å². The van der Waals surface area contributed by atoms with Crippen LogP contribution in [0.15, 0.2) is 42.5 Å². The van der Waals surface area contributed by atoms with Crippen molar-refractivity contribution in [1.29, 1.82) is 0 Å². The third-order valence-corrected chi connectivity index (χ3v) is 4.48. The van der Waals surface area contributed by atoms with Crippen LogP contribution in [0.3, 0.4) is 0 Å². The van der Waals surface area contributed by atoms with Gasteiger partial charge in [0.15, 0.2) is 5.82 Å². The molecule has 122 valence electrons. The third kappa shape index (κ3) is 2.67. The minimum atomic E-state index is 0.192. The minimum absolute atomic E-state index is 0.192. The molecule has 2 aromatic carbocycles. The zero-order chi connectivity index (χ0) is 16.7. The fourth-order valence-electron chi connectivity index (χ4n) is 3.18. The lowest BCUT2D eigenvalue weighted by molar-refractivity contribution is 0.475. The van der Waals surface area contributed by atoms with E-state index < -0.39 is 0 Å². The van der Waals surface area contributed by atoms with Gasteiger partial charge in [0.2, 0.25) is 0 Å². The zero-order valence-corrected chi connectivity index (χ0v) is 13.6. The Labute approximate surface area is 140 Å². The van der Waals surface area contributed by atoms with E-state index in [1.54, 1.807) is 12.1 Å². The first-order valence-electron chi connectivity index (χ1n) is 8.18. The highest BCUT2D eigenvalue weighted by Crippen LogP contribution is 2.30. The maximum atomic E-state index is 9.51. The van der Waals surface area contributed by atoms with E-state index in [0.29, 0.717) is 5.82 Å². The van der Waals surface area contributed by atoms with Gasteiger partial charge >= 0.3 is 0 Å². The average Bonchev–Trinajstić information content (AvgIpc) is 3.00. The number of hydrogen-bond donors (Lipinski definition) is 2. The summed E-state index contributed by atoms with van der Waals surface area (Å²) in [6, 6.07) is 13.4. The van der Waals surface area contributed by atoms with Gasteiger partial charge in [-0.25, -0.2) is 9.97 Å². The lowest BCUT2D eigenvalue weighted by atomic mass is 10.1. The number of phenols is 1. The van der Waals surface area contributed by atoms with Crippen LogP contribution >= 0.6 is 0 Å². The van der Waals surface area contributed by atoms with E-state index in [0.717, 1.165) is 41.8 Å². The minimum Gasteiger partial charge on any atom is -0.508 e. The SMILES string of the molecule is Cc1ccc2c(N3CC[C@@H](N)C3)nc(-c3ccc(O)cc3)nc2c1. The van der Waals surface area contributed by atoms with Crippen LogP contribution in [0, 0.1) is 6.92 Å².